The van der Waals surface area contributed by atoms with Crippen LogP contribution < -0.4 is 14.2 Å². The summed E-state index contributed by atoms with van der Waals surface area (Å²) in [6.45, 7) is 15.5. The minimum Gasteiger partial charge on any atom is -0.497 e. The Bertz CT molecular complexity index is 1790. The zero-order valence-electron chi connectivity index (χ0n) is 30.3. The summed E-state index contributed by atoms with van der Waals surface area (Å²) >= 11 is 0. The zero-order chi connectivity index (χ0) is 36.8. The fraction of sp³-hybridized carbons (Fsp3) is 0.605. The van der Waals surface area contributed by atoms with E-state index in [4.69, 9.17) is 9.47 Å². The number of carbonyl (C=O) groups is 4. The predicted molar refractivity (Wildman–Crippen MR) is 190 cm³/mol. The van der Waals surface area contributed by atoms with E-state index in [1.54, 1.807) is 25.4 Å². The third-order valence-corrected chi connectivity index (χ3v) is 12.0. The van der Waals surface area contributed by atoms with Crippen molar-refractivity contribution in [2.45, 2.75) is 104 Å². The van der Waals surface area contributed by atoms with Crippen LogP contribution in [0.2, 0.25) is 0 Å². The topological polar surface area (TPSA) is 149 Å². The smallest absolute Gasteiger partial charge is 0.240 e. The molecule has 1 aromatic carbocycles. The molecule has 2 saturated carbocycles. The monoisotopic (exact) mass is 709 g/mol. The predicted octanol–water partition coefficient (Wildman–Crippen LogP) is 5.41. The van der Waals surface area contributed by atoms with Gasteiger partial charge in [0.25, 0.3) is 0 Å². The van der Waals surface area contributed by atoms with Gasteiger partial charge in [-0.05, 0) is 65.7 Å². The van der Waals surface area contributed by atoms with Crippen LogP contribution in [0.1, 0.15) is 86.5 Å². The maximum Gasteiger partial charge on any atom is 0.240 e. The van der Waals surface area contributed by atoms with Crippen molar-refractivity contribution < 1.29 is 37.1 Å². The number of hydrogen-bond donors (Lipinski definition) is 1. The maximum atomic E-state index is 14.6. The zero-order valence-corrected chi connectivity index (χ0v) is 31.1. The summed E-state index contributed by atoms with van der Waals surface area (Å²) in [7, 11) is -2.25. The van der Waals surface area contributed by atoms with Crippen molar-refractivity contribution >= 4 is 44.2 Å². The first-order valence-electron chi connectivity index (χ1n) is 17.4. The van der Waals surface area contributed by atoms with Crippen LogP contribution in [0.15, 0.2) is 43.1 Å². The van der Waals surface area contributed by atoms with Crippen LogP contribution in [0.4, 0.5) is 0 Å². The first-order chi connectivity index (χ1) is 23.3. The summed E-state index contributed by atoms with van der Waals surface area (Å²) in [6, 6.07) is 6.39. The molecule has 2 aromatic rings. The molecular weight excluding hydrogens is 658 g/mol. The molecule has 0 radical (unpaired) electrons. The molecule has 2 aliphatic carbocycles. The number of sulfonamides is 1. The van der Waals surface area contributed by atoms with Crippen LogP contribution in [0.25, 0.3) is 10.8 Å². The number of nitrogens with zero attached hydrogens (tertiary/aromatic N) is 2. The lowest BCUT2D eigenvalue weighted by Gasteiger charge is -2.35. The van der Waals surface area contributed by atoms with E-state index < -0.39 is 50.1 Å². The number of allylic oxidation sites excluding steroid dienone is 1. The number of ether oxygens (including phenoxy) is 2. The van der Waals surface area contributed by atoms with Gasteiger partial charge in [0.15, 0.2) is 5.78 Å². The Morgan fingerprint density at radius 3 is 2.40 bits per heavy atom. The molecule has 2 amide bonds. The molecule has 0 unspecified atom stereocenters. The molecule has 5 rings (SSSR count). The number of amides is 2. The van der Waals surface area contributed by atoms with Crippen molar-refractivity contribution in [3.63, 3.8) is 0 Å². The summed E-state index contributed by atoms with van der Waals surface area (Å²) in [5, 5.41) is 0.983. The van der Waals surface area contributed by atoms with Gasteiger partial charge in [0.1, 0.15) is 17.6 Å². The Hall–Kier alpha value is -3.80. The number of likely N-dealkylation sites (tertiary alicyclic amines) is 1. The Balaban J connectivity index is 1.44. The minimum atomic E-state index is -3.83. The molecule has 272 valence electrons. The summed E-state index contributed by atoms with van der Waals surface area (Å²) in [6.07, 6.45) is 4.07. The molecular formula is C38H51N3O8S. The third-order valence-electron chi connectivity index (χ3n) is 10.2. The van der Waals surface area contributed by atoms with Crippen LogP contribution in [0, 0.1) is 28.1 Å². The van der Waals surface area contributed by atoms with Crippen molar-refractivity contribution in [1.82, 2.24) is 14.6 Å². The third kappa shape index (κ3) is 8.22. The van der Waals surface area contributed by atoms with Crippen LogP contribution in [-0.2, 0) is 29.2 Å². The molecule has 12 heteroatoms. The van der Waals surface area contributed by atoms with Crippen LogP contribution in [0.5, 0.6) is 11.6 Å². The van der Waals surface area contributed by atoms with Gasteiger partial charge in [-0.1, -0.05) is 47.6 Å². The molecule has 3 aliphatic rings. The van der Waals surface area contributed by atoms with Crippen LogP contribution in [-0.4, -0.2) is 72.7 Å². The number of aromatic nitrogens is 1. The molecule has 11 nitrogen and oxygen atoms in total. The molecule has 0 spiro atoms. The number of benzene rings is 1. The van der Waals surface area contributed by atoms with E-state index in [9.17, 15) is 27.6 Å². The number of hydrogen-bond acceptors (Lipinski definition) is 9. The molecule has 1 aliphatic heterocycles. The SMILES string of the molecule is C=C[C@@H]1C[C@]1(CC(=O)[C@@H]1C[C@@H](Oc2nccc3cc(OC)ccc23)CN1C(=O)[C@@H](CC(=O)CC(C)(C)C)C(C)(C)C)C(=O)NS(=O)(=O)C1CC1. The van der Waals surface area contributed by atoms with Gasteiger partial charge in [-0.2, -0.15) is 0 Å². The Kier molecular flexibility index (Phi) is 10.3. The highest BCUT2D eigenvalue weighted by molar-refractivity contribution is 7.90. The van der Waals surface area contributed by atoms with E-state index in [2.05, 4.69) is 16.3 Å². The molecule has 1 N–H and O–H groups in total. The van der Waals surface area contributed by atoms with Crippen LogP contribution >= 0.6 is 0 Å². The van der Waals surface area contributed by atoms with Gasteiger partial charge in [-0.3, -0.25) is 23.9 Å². The largest absolute Gasteiger partial charge is 0.497 e. The van der Waals surface area contributed by atoms with Crippen molar-refractivity contribution in [2.75, 3.05) is 13.7 Å². The van der Waals surface area contributed by atoms with Gasteiger partial charge >= 0.3 is 0 Å². The average molecular weight is 710 g/mol. The summed E-state index contributed by atoms with van der Waals surface area (Å²) in [4.78, 5) is 61.6. The molecule has 1 saturated heterocycles. The standard InChI is InChI=1S/C38H51N3O8S/c1-9-24-19-38(24,35(45)40-50(46,47)28-11-12-28)21-32(43)31-18-27(49-33-29-13-10-26(48-8)16-23(29)14-15-39-33)22-41(31)34(44)30(37(5,6)7)17-25(42)20-36(2,3)4/h9-10,13-16,24,27-28,30-31H,1,11-12,17-22H2,2-8H3,(H,40,45)/t24-,27-,30-,31+,38-/m1/s1. The fourth-order valence-corrected chi connectivity index (χ4v) is 8.49. The van der Waals surface area contributed by atoms with Gasteiger partial charge in [-0.25, -0.2) is 13.4 Å². The first kappa shape index (κ1) is 37.5. The summed E-state index contributed by atoms with van der Waals surface area (Å²) in [5.74, 6) is -1.50. The summed E-state index contributed by atoms with van der Waals surface area (Å²) < 4.78 is 39.4. The average Bonchev–Trinajstić information content (AvgIpc) is 3.95. The molecule has 1 aromatic heterocycles. The molecule has 0 bridgehead atoms. The van der Waals surface area contributed by atoms with E-state index in [1.165, 1.54) is 4.90 Å². The highest BCUT2D eigenvalue weighted by atomic mass is 32.2. The number of Topliss-reactive ketones (excluding diaryl/α,β-unsaturated/α-hetero) is 2. The van der Waals surface area contributed by atoms with E-state index in [-0.39, 0.29) is 61.0 Å². The van der Waals surface area contributed by atoms with Gasteiger partial charge in [-0.15, -0.1) is 6.58 Å². The van der Waals surface area contributed by atoms with Crippen molar-refractivity contribution in [2.24, 2.45) is 28.1 Å². The highest BCUT2D eigenvalue weighted by Gasteiger charge is 2.61. The fourth-order valence-electron chi connectivity index (χ4n) is 7.10. The highest BCUT2D eigenvalue weighted by Crippen LogP contribution is 2.57. The van der Waals surface area contributed by atoms with Crippen molar-refractivity contribution in [1.29, 1.82) is 0 Å². The van der Waals surface area contributed by atoms with Gasteiger partial charge in [0, 0.05) is 43.2 Å². The van der Waals surface area contributed by atoms with Crippen LogP contribution in [0.3, 0.4) is 0 Å². The lowest BCUT2D eigenvalue weighted by Crippen LogP contribution is -2.48. The number of ketones is 2. The van der Waals surface area contributed by atoms with Crippen molar-refractivity contribution in [3.8, 4) is 11.6 Å². The normalized spacial score (nSPS) is 24.4. The Morgan fingerprint density at radius 2 is 1.82 bits per heavy atom. The molecule has 5 atom stereocenters. The van der Waals surface area contributed by atoms with E-state index >= 15 is 0 Å². The van der Waals surface area contributed by atoms with E-state index in [0.717, 1.165) is 10.8 Å². The second kappa shape index (κ2) is 13.7. The maximum absolute atomic E-state index is 14.6. The number of nitrogens with one attached hydrogen (secondary N) is 1. The molecule has 3 fully saturated rings. The number of pyridine rings is 1. The number of methoxy groups -OCH3 is 1. The summed E-state index contributed by atoms with van der Waals surface area (Å²) in [5.41, 5.74) is -2.12. The van der Waals surface area contributed by atoms with Gasteiger partial charge < -0.3 is 14.4 Å². The Morgan fingerprint density at radius 1 is 1.12 bits per heavy atom. The van der Waals surface area contributed by atoms with Gasteiger partial charge in [0.05, 0.1) is 30.4 Å². The lowest BCUT2D eigenvalue weighted by atomic mass is 9.75. The molecule has 2 heterocycles. The van der Waals surface area contributed by atoms with E-state index in [0.29, 0.717) is 30.9 Å². The Labute approximate surface area is 295 Å². The second-order valence-electron chi connectivity index (χ2n) is 16.6. The van der Waals surface area contributed by atoms with Crippen molar-refractivity contribution in [3.05, 3.63) is 43.1 Å². The number of fused-ring (bicyclic) bond motifs is 1. The number of rotatable bonds is 14. The van der Waals surface area contributed by atoms with E-state index in [1.807, 2.05) is 59.7 Å². The molecule has 50 heavy (non-hydrogen) atoms. The second-order valence-corrected chi connectivity index (χ2v) is 18.6. The lowest BCUT2D eigenvalue weighted by molar-refractivity contribution is -0.146. The quantitative estimate of drug-likeness (QED) is 0.254. The van der Waals surface area contributed by atoms with Gasteiger partial charge in [0.2, 0.25) is 27.7 Å². The number of carbonyl (C=O) groups excluding carboxylic acids is 4. The first-order valence-corrected chi connectivity index (χ1v) is 19.0. The minimum absolute atomic E-state index is 0.0269.